The van der Waals surface area contributed by atoms with E-state index >= 15 is 0 Å². The Morgan fingerprint density at radius 1 is 0.615 bits per heavy atom. The lowest BCUT2D eigenvalue weighted by atomic mass is 10.0. The van der Waals surface area contributed by atoms with Crippen LogP contribution in [-0.2, 0) is 0 Å². The number of benzene rings is 3. The van der Waals surface area contributed by atoms with Gasteiger partial charge in [0.25, 0.3) is 0 Å². The van der Waals surface area contributed by atoms with Gasteiger partial charge in [-0.1, -0.05) is 97.6 Å². The Kier molecular flexibility index (Phi) is 4.21. The number of fused-ring (bicyclic) bond motifs is 1. The maximum Gasteiger partial charge on any atom is 0.0776 e. The van der Waals surface area contributed by atoms with Gasteiger partial charge >= 0.3 is 0 Å². The van der Waals surface area contributed by atoms with Crippen LogP contribution in [0.1, 0.15) is 0 Å². The van der Waals surface area contributed by atoms with Crippen molar-refractivity contribution >= 4 is 24.2 Å². The maximum atomic E-state index is 4.80. The molecule has 0 unspecified atom stereocenters. The maximum absolute atomic E-state index is 4.80. The van der Waals surface area contributed by atoms with Gasteiger partial charge in [0, 0.05) is 10.9 Å². The largest absolute Gasteiger partial charge is 0.248 e. The first-order chi connectivity index (χ1) is 12.5. The van der Waals surface area contributed by atoms with Crippen LogP contribution >= 0.6 is 0 Å². The van der Waals surface area contributed by atoms with Gasteiger partial charge in [-0.05, 0) is 23.3 Å². The van der Waals surface area contributed by atoms with Crippen LogP contribution in [0, 0.1) is 0 Å². The van der Waals surface area contributed by atoms with Gasteiger partial charge in [0.1, 0.15) is 0 Å². The Hall–Kier alpha value is -2.71. The van der Waals surface area contributed by atoms with Crippen molar-refractivity contribution in [2.45, 2.75) is 19.6 Å². The summed E-state index contributed by atoms with van der Waals surface area (Å²) in [5.74, 6) is 0. The van der Waals surface area contributed by atoms with Gasteiger partial charge in [0.2, 0.25) is 0 Å². The van der Waals surface area contributed by atoms with Crippen molar-refractivity contribution in [2.24, 2.45) is 0 Å². The zero-order valence-corrected chi connectivity index (χ0v) is 16.5. The summed E-state index contributed by atoms with van der Waals surface area (Å²) in [6, 6.07) is 30.3. The van der Waals surface area contributed by atoms with Gasteiger partial charge in [0.05, 0.1) is 19.3 Å². The molecule has 0 amide bonds. The second-order valence-electron chi connectivity index (χ2n) is 7.80. The average molecular weight is 354 g/mol. The number of rotatable bonds is 3. The van der Waals surface area contributed by atoms with Crippen LogP contribution in [0.25, 0.3) is 33.3 Å². The average Bonchev–Trinajstić information content (AvgIpc) is 2.67. The van der Waals surface area contributed by atoms with Crippen LogP contribution in [0.4, 0.5) is 0 Å². The molecule has 0 N–H and O–H groups in total. The lowest BCUT2D eigenvalue weighted by Gasteiger charge is -2.17. The van der Waals surface area contributed by atoms with E-state index in [-0.39, 0.29) is 0 Å². The molecule has 0 saturated carbocycles. The molecule has 0 saturated heterocycles. The minimum atomic E-state index is -1.30. The van der Waals surface area contributed by atoms with E-state index in [1.54, 1.807) is 0 Å². The quantitative estimate of drug-likeness (QED) is 0.405. The molecule has 0 aliphatic rings. The molecule has 0 fully saturated rings. The predicted molar refractivity (Wildman–Crippen MR) is 116 cm³/mol. The van der Waals surface area contributed by atoms with E-state index in [1.807, 2.05) is 12.1 Å². The summed E-state index contributed by atoms with van der Waals surface area (Å²) in [6.45, 7) is 7.17. The number of nitrogens with zero attached hydrogens (tertiary/aromatic N) is 1. The Morgan fingerprint density at radius 3 is 2.12 bits per heavy atom. The normalized spacial score (nSPS) is 11.7. The highest BCUT2D eigenvalue weighted by Crippen LogP contribution is 2.25. The Bertz CT molecular complexity index is 1060. The molecule has 3 aromatic carbocycles. The first kappa shape index (κ1) is 16.7. The number of hydrogen-bond donors (Lipinski definition) is 0. The molecule has 128 valence electrons. The second kappa shape index (κ2) is 6.54. The third-order valence-electron chi connectivity index (χ3n) is 4.84. The van der Waals surface area contributed by atoms with Crippen molar-refractivity contribution < 1.29 is 0 Å². The van der Waals surface area contributed by atoms with Crippen molar-refractivity contribution in [3.05, 3.63) is 84.9 Å². The zero-order chi connectivity index (χ0) is 18.1. The number of hydrogen-bond acceptors (Lipinski definition) is 1. The summed E-state index contributed by atoms with van der Waals surface area (Å²) in [6.07, 6.45) is 0. The molecule has 1 nitrogen and oxygen atoms in total. The molecule has 0 aliphatic heterocycles. The fraction of sp³-hybridized carbons (Fsp3) is 0.125. The van der Waals surface area contributed by atoms with Crippen molar-refractivity contribution in [2.75, 3.05) is 0 Å². The van der Waals surface area contributed by atoms with Gasteiger partial charge < -0.3 is 0 Å². The Labute approximate surface area is 156 Å². The molecule has 1 heterocycles. The van der Waals surface area contributed by atoms with Gasteiger partial charge in [-0.3, -0.25) is 0 Å². The zero-order valence-electron chi connectivity index (χ0n) is 15.5. The van der Waals surface area contributed by atoms with Crippen LogP contribution in [0.15, 0.2) is 84.9 Å². The van der Waals surface area contributed by atoms with Crippen molar-refractivity contribution in [3.63, 3.8) is 0 Å². The number of pyridine rings is 1. The molecule has 0 aliphatic carbocycles. The van der Waals surface area contributed by atoms with Crippen LogP contribution in [-0.4, -0.2) is 13.1 Å². The molecular weight excluding hydrogens is 330 g/mol. The highest BCUT2D eigenvalue weighted by molar-refractivity contribution is 6.88. The minimum absolute atomic E-state index is 1.02. The summed E-state index contributed by atoms with van der Waals surface area (Å²) in [5.41, 5.74) is 5.77. The highest BCUT2D eigenvalue weighted by atomic mass is 28.3. The fourth-order valence-electron chi connectivity index (χ4n) is 3.23. The summed E-state index contributed by atoms with van der Waals surface area (Å²) >= 11 is 0. The summed E-state index contributed by atoms with van der Waals surface area (Å²) in [5, 5.41) is 2.67. The van der Waals surface area contributed by atoms with Gasteiger partial charge in [-0.25, -0.2) is 4.98 Å². The predicted octanol–water partition coefficient (Wildman–Crippen LogP) is 6.11. The van der Waals surface area contributed by atoms with Gasteiger partial charge in [0.15, 0.2) is 0 Å². The van der Waals surface area contributed by atoms with Gasteiger partial charge in [-0.2, -0.15) is 0 Å². The lowest BCUT2D eigenvalue weighted by Crippen LogP contribution is -2.37. The SMILES string of the molecule is C[Si](C)(C)c1cccc(-c2ccc(-c3ccc4ccccc4n3)cc2)c1. The van der Waals surface area contributed by atoms with E-state index in [1.165, 1.54) is 21.7 Å². The molecule has 2 heteroatoms. The van der Waals surface area contributed by atoms with E-state index in [9.17, 15) is 0 Å². The molecule has 4 aromatic rings. The Morgan fingerprint density at radius 2 is 1.35 bits per heavy atom. The third-order valence-corrected chi connectivity index (χ3v) is 6.88. The number of para-hydroxylation sites is 1. The molecule has 4 rings (SSSR count). The third kappa shape index (κ3) is 3.33. The Balaban J connectivity index is 1.68. The van der Waals surface area contributed by atoms with E-state index in [2.05, 4.69) is 92.4 Å². The smallest absolute Gasteiger partial charge is 0.0776 e. The first-order valence-corrected chi connectivity index (χ1v) is 12.6. The van der Waals surface area contributed by atoms with Crippen LogP contribution in [0.3, 0.4) is 0 Å². The lowest BCUT2D eigenvalue weighted by molar-refractivity contribution is 1.40. The summed E-state index contributed by atoms with van der Waals surface area (Å²) in [4.78, 5) is 4.80. The highest BCUT2D eigenvalue weighted by Gasteiger charge is 2.16. The first-order valence-electron chi connectivity index (χ1n) is 9.08. The van der Waals surface area contributed by atoms with Crippen LogP contribution < -0.4 is 5.19 Å². The molecule has 0 spiro atoms. The standard InChI is InChI=1S/C24H23NSi/c1-26(2,3)22-9-6-8-21(17-22)18-11-13-20(14-12-18)24-16-15-19-7-4-5-10-23(19)25-24/h4-17H,1-3H3. The summed E-state index contributed by atoms with van der Waals surface area (Å²) in [7, 11) is -1.30. The van der Waals surface area contributed by atoms with Crippen LogP contribution in [0.2, 0.25) is 19.6 Å². The fourth-order valence-corrected chi connectivity index (χ4v) is 4.41. The number of aromatic nitrogens is 1. The van der Waals surface area contributed by atoms with E-state index < -0.39 is 8.07 Å². The monoisotopic (exact) mass is 353 g/mol. The molecular formula is C24H23NSi. The molecule has 1 aromatic heterocycles. The molecule has 26 heavy (non-hydrogen) atoms. The van der Waals surface area contributed by atoms with Crippen molar-refractivity contribution in [1.82, 2.24) is 4.98 Å². The molecule has 0 atom stereocenters. The van der Waals surface area contributed by atoms with E-state index in [0.29, 0.717) is 0 Å². The molecule has 0 bridgehead atoms. The van der Waals surface area contributed by atoms with Crippen molar-refractivity contribution in [3.8, 4) is 22.4 Å². The minimum Gasteiger partial charge on any atom is -0.248 e. The van der Waals surface area contributed by atoms with Crippen LogP contribution in [0.5, 0.6) is 0 Å². The van der Waals surface area contributed by atoms with E-state index in [4.69, 9.17) is 4.98 Å². The second-order valence-corrected chi connectivity index (χ2v) is 12.9. The van der Waals surface area contributed by atoms with Crippen molar-refractivity contribution in [1.29, 1.82) is 0 Å². The van der Waals surface area contributed by atoms with Gasteiger partial charge in [-0.15, -0.1) is 0 Å². The van der Waals surface area contributed by atoms with E-state index in [0.717, 1.165) is 16.8 Å². The molecule has 0 radical (unpaired) electrons. The summed E-state index contributed by atoms with van der Waals surface area (Å²) < 4.78 is 0. The topological polar surface area (TPSA) is 12.9 Å².